The number of hydrogen-bond acceptors (Lipinski definition) is 5. The second-order valence-corrected chi connectivity index (χ2v) is 7.96. The highest BCUT2D eigenvalue weighted by atomic mass is 32.2. The van der Waals surface area contributed by atoms with Gasteiger partial charge in [0, 0.05) is 25.2 Å². The minimum absolute atomic E-state index is 0.247. The summed E-state index contributed by atoms with van der Waals surface area (Å²) < 4.78 is 24.5. The number of nitrogens with one attached hydrogen (secondary N) is 1. The summed E-state index contributed by atoms with van der Waals surface area (Å²) in [7, 11) is -1.30. The quantitative estimate of drug-likeness (QED) is 0.633. The van der Waals surface area contributed by atoms with Crippen molar-refractivity contribution in [2.75, 3.05) is 6.26 Å². The molecule has 0 saturated heterocycles. The average molecular weight is 368 g/mol. The molecule has 1 aromatic carbocycles. The first kappa shape index (κ1) is 17.9. The lowest BCUT2D eigenvalue weighted by Crippen LogP contribution is -2.24. The van der Waals surface area contributed by atoms with Gasteiger partial charge in [0.2, 0.25) is 0 Å². The highest BCUT2D eigenvalue weighted by Gasteiger charge is 2.10. The predicted octanol–water partition coefficient (Wildman–Crippen LogP) is -0.141. The fraction of sp³-hybridized carbons (Fsp3) is 0.118. The SMILES string of the molecule is Bc1cnn(-c2cccc(C(=O)NCc3ccc(S(C)(=O)=O)cc3)n2)c1. The van der Waals surface area contributed by atoms with E-state index >= 15 is 0 Å². The van der Waals surface area contributed by atoms with Crippen LogP contribution in [0, 0.1) is 0 Å². The molecule has 0 unspecified atom stereocenters. The van der Waals surface area contributed by atoms with E-state index < -0.39 is 9.84 Å². The summed E-state index contributed by atoms with van der Waals surface area (Å²) in [5.41, 5.74) is 2.08. The van der Waals surface area contributed by atoms with Crippen LogP contribution in [0.15, 0.2) is 59.8 Å². The number of aromatic nitrogens is 3. The summed E-state index contributed by atoms with van der Waals surface area (Å²) in [5, 5.41) is 6.96. The maximum atomic E-state index is 12.3. The number of carbonyl (C=O) groups is 1. The topological polar surface area (TPSA) is 94.0 Å². The molecule has 0 atom stereocenters. The van der Waals surface area contributed by atoms with Crippen LogP contribution < -0.4 is 10.8 Å². The van der Waals surface area contributed by atoms with Crippen LogP contribution in [0.2, 0.25) is 0 Å². The number of benzene rings is 1. The Morgan fingerprint density at radius 3 is 2.54 bits per heavy atom. The van der Waals surface area contributed by atoms with Crippen molar-refractivity contribution in [2.45, 2.75) is 11.4 Å². The van der Waals surface area contributed by atoms with E-state index in [4.69, 9.17) is 0 Å². The largest absolute Gasteiger partial charge is 0.347 e. The van der Waals surface area contributed by atoms with Crippen molar-refractivity contribution in [1.29, 1.82) is 0 Å². The number of amides is 1. The molecule has 26 heavy (non-hydrogen) atoms. The number of rotatable bonds is 5. The van der Waals surface area contributed by atoms with Crippen molar-refractivity contribution in [1.82, 2.24) is 20.1 Å². The molecule has 9 heteroatoms. The van der Waals surface area contributed by atoms with Gasteiger partial charge in [-0.25, -0.2) is 18.1 Å². The number of pyridine rings is 1. The molecular weight excluding hydrogens is 351 g/mol. The minimum Gasteiger partial charge on any atom is -0.347 e. The van der Waals surface area contributed by atoms with Crippen LogP contribution in [0.3, 0.4) is 0 Å². The van der Waals surface area contributed by atoms with Gasteiger partial charge >= 0.3 is 0 Å². The molecule has 0 aliphatic rings. The standard InChI is InChI=1S/C17H17BN4O3S/c1-26(24,25)14-7-5-12(6-8-14)9-19-17(23)15-3-2-4-16(21-15)22-11-13(18)10-20-22/h2-8,10-11H,9,18H2,1H3,(H,19,23). The number of hydrogen-bond donors (Lipinski definition) is 1. The lowest BCUT2D eigenvalue weighted by atomic mass is 10.0. The van der Waals surface area contributed by atoms with Gasteiger partial charge < -0.3 is 5.32 Å². The third-order valence-corrected chi connectivity index (χ3v) is 4.85. The zero-order valence-corrected chi connectivity index (χ0v) is 15.2. The van der Waals surface area contributed by atoms with Crippen LogP contribution in [-0.4, -0.2) is 43.2 Å². The van der Waals surface area contributed by atoms with E-state index in [-0.39, 0.29) is 23.0 Å². The maximum absolute atomic E-state index is 12.3. The first-order chi connectivity index (χ1) is 12.3. The third kappa shape index (κ3) is 4.18. The lowest BCUT2D eigenvalue weighted by Gasteiger charge is -2.07. The average Bonchev–Trinajstić information content (AvgIpc) is 3.06. The van der Waals surface area contributed by atoms with Gasteiger partial charge in [-0.3, -0.25) is 4.79 Å². The van der Waals surface area contributed by atoms with Crippen LogP contribution in [0.25, 0.3) is 5.82 Å². The second-order valence-electron chi connectivity index (χ2n) is 5.94. The summed E-state index contributed by atoms with van der Waals surface area (Å²) in [4.78, 5) is 16.9. The van der Waals surface area contributed by atoms with Crippen LogP contribution in [-0.2, 0) is 16.4 Å². The molecule has 132 valence electrons. The first-order valence-corrected chi connectivity index (χ1v) is 9.78. The Balaban J connectivity index is 1.69. The fourth-order valence-electron chi connectivity index (χ4n) is 2.34. The van der Waals surface area contributed by atoms with Crippen molar-refractivity contribution in [3.63, 3.8) is 0 Å². The fourth-order valence-corrected chi connectivity index (χ4v) is 2.97. The van der Waals surface area contributed by atoms with Gasteiger partial charge in [-0.15, -0.1) is 0 Å². The summed E-state index contributed by atoms with van der Waals surface area (Å²) in [5.74, 6) is 0.242. The Morgan fingerprint density at radius 1 is 1.19 bits per heavy atom. The van der Waals surface area contributed by atoms with Crippen molar-refractivity contribution in [2.24, 2.45) is 0 Å². The van der Waals surface area contributed by atoms with Gasteiger partial charge in [-0.2, -0.15) is 5.10 Å². The smallest absolute Gasteiger partial charge is 0.270 e. The van der Waals surface area contributed by atoms with E-state index in [9.17, 15) is 13.2 Å². The van der Waals surface area contributed by atoms with Crippen LogP contribution >= 0.6 is 0 Å². The Hall–Kier alpha value is -2.94. The molecule has 0 spiro atoms. The molecule has 0 aliphatic heterocycles. The van der Waals surface area contributed by atoms with E-state index in [1.54, 1.807) is 41.2 Å². The summed E-state index contributed by atoms with van der Waals surface area (Å²) in [6, 6.07) is 11.5. The normalized spacial score (nSPS) is 11.3. The van der Waals surface area contributed by atoms with Crippen molar-refractivity contribution < 1.29 is 13.2 Å². The van der Waals surface area contributed by atoms with Crippen molar-refractivity contribution in [3.05, 3.63) is 66.1 Å². The Morgan fingerprint density at radius 2 is 1.92 bits per heavy atom. The summed E-state index contributed by atoms with van der Waals surface area (Å²) >= 11 is 0. The zero-order chi connectivity index (χ0) is 18.7. The van der Waals surface area contributed by atoms with E-state index in [0.29, 0.717) is 5.82 Å². The zero-order valence-electron chi connectivity index (χ0n) is 14.4. The lowest BCUT2D eigenvalue weighted by molar-refractivity contribution is 0.0946. The van der Waals surface area contributed by atoms with Crippen LogP contribution in [0.5, 0.6) is 0 Å². The monoisotopic (exact) mass is 368 g/mol. The molecule has 3 rings (SSSR count). The van der Waals surface area contributed by atoms with Crippen molar-refractivity contribution >= 4 is 29.1 Å². The predicted molar refractivity (Wildman–Crippen MR) is 100 cm³/mol. The van der Waals surface area contributed by atoms with Gasteiger partial charge in [0.25, 0.3) is 5.91 Å². The minimum atomic E-state index is -3.23. The number of carbonyl (C=O) groups excluding carboxylic acids is 1. The van der Waals surface area contributed by atoms with E-state index in [1.165, 1.54) is 12.1 Å². The van der Waals surface area contributed by atoms with E-state index in [1.807, 2.05) is 14.0 Å². The Labute approximate surface area is 152 Å². The van der Waals surface area contributed by atoms with Gasteiger partial charge in [0.1, 0.15) is 13.5 Å². The molecule has 0 saturated carbocycles. The Bertz CT molecular complexity index is 1050. The molecule has 1 N–H and O–H groups in total. The molecule has 3 aromatic rings. The molecule has 1 amide bonds. The second kappa shape index (κ2) is 7.13. The summed E-state index contributed by atoms with van der Waals surface area (Å²) in [6.07, 6.45) is 4.70. The van der Waals surface area contributed by atoms with Gasteiger partial charge in [0.15, 0.2) is 15.7 Å². The van der Waals surface area contributed by atoms with Crippen molar-refractivity contribution in [3.8, 4) is 5.82 Å². The molecule has 7 nitrogen and oxygen atoms in total. The molecule has 0 aliphatic carbocycles. The van der Waals surface area contributed by atoms with E-state index in [2.05, 4.69) is 15.4 Å². The van der Waals surface area contributed by atoms with E-state index in [0.717, 1.165) is 17.3 Å². The summed E-state index contributed by atoms with van der Waals surface area (Å²) in [6.45, 7) is 0.273. The van der Waals surface area contributed by atoms with Crippen LogP contribution in [0.1, 0.15) is 16.1 Å². The number of sulfone groups is 1. The van der Waals surface area contributed by atoms with Crippen LogP contribution in [0.4, 0.5) is 0 Å². The molecule has 0 fully saturated rings. The highest BCUT2D eigenvalue weighted by Crippen LogP contribution is 2.10. The molecular formula is C17H17BN4O3S. The van der Waals surface area contributed by atoms with Gasteiger partial charge in [-0.05, 0) is 29.8 Å². The van der Waals surface area contributed by atoms with Gasteiger partial charge in [-0.1, -0.05) is 23.7 Å². The molecule has 0 bridgehead atoms. The van der Waals surface area contributed by atoms with Gasteiger partial charge in [0.05, 0.1) is 4.90 Å². The number of nitrogens with zero attached hydrogens (tertiary/aromatic N) is 3. The molecule has 0 radical (unpaired) electrons. The maximum Gasteiger partial charge on any atom is 0.270 e. The highest BCUT2D eigenvalue weighted by molar-refractivity contribution is 7.90. The molecule has 2 heterocycles. The first-order valence-electron chi connectivity index (χ1n) is 7.89. The Kier molecular flexibility index (Phi) is 4.90. The molecule has 2 aromatic heterocycles. The third-order valence-electron chi connectivity index (χ3n) is 3.72.